The number of carbonyl (C=O) groups is 1. The molecule has 6 rings (SSSR count). The molecule has 1 aliphatic rings. The molecule has 7 nitrogen and oxygen atoms in total. The Bertz CT molecular complexity index is 1640. The molecule has 1 amide bonds. The molecule has 2 heterocycles. The fraction of sp³-hybridized carbons (Fsp3) is 0.231. The minimum absolute atomic E-state index is 0.0127. The van der Waals surface area contributed by atoms with Crippen LogP contribution in [-0.4, -0.2) is 33.5 Å². The average molecular weight is 614 g/mol. The topological polar surface area (TPSA) is 83.9 Å². The normalized spacial score (nSPS) is 19.5. The molecule has 1 aromatic heterocycles. The van der Waals surface area contributed by atoms with Gasteiger partial charge < -0.3 is 19.9 Å². The van der Waals surface area contributed by atoms with Crippen molar-refractivity contribution in [2.45, 2.75) is 45.1 Å². The Morgan fingerprint density at radius 2 is 1.48 bits per heavy atom. The second-order valence-electron chi connectivity index (χ2n) is 11.8. The highest BCUT2D eigenvalue weighted by atomic mass is 16.7. The van der Waals surface area contributed by atoms with E-state index >= 15 is 0 Å². The van der Waals surface area contributed by atoms with Crippen molar-refractivity contribution in [2.24, 2.45) is 5.92 Å². The third kappa shape index (κ3) is 7.94. The maximum absolute atomic E-state index is 12.9. The summed E-state index contributed by atoms with van der Waals surface area (Å²) in [5.74, 6) is -0.208. The van der Waals surface area contributed by atoms with Gasteiger partial charge in [0.25, 0.3) is 5.91 Å². The van der Waals surface area contributed by atoms with Crippen molar-refractivity contribution < 1.29 is 19.4 Å². The van der Waals surface area contributed by atoms with Crippen LogP contribution in [0.4, 0.5) is 5.69 Å². The van der Waals surface area contributed by atoms with Gasteiger partial charge in [-0.1, -0.05) is 104 Å². The Hall–Kier alpha value is -4.66. The molecule has 4 aromatic carbocycles. The van der Waals surface area contributed by atoms with Crippen molar-refractivity contribution in [1.29, 1.82) is 0 Å². The molecule has 0 bridgehead atoms. The van der Waals surface area contributed by atoms with Crippen molar-refractivity contribution >= 4 is 11.6 Å². The highest BCUT2D eigenvalue weighted by molar-refractivity contribution is 6.04. The quantitative estimate of drug-likeness (QED) is 0.162. The molecule has 0 spiro atoms. The second kappa shape index (κ2) is 15.1. The lowest BCUT2D eigenvalue weighted by atomic mass is 9.89. The van der Waals surface area contributed by atoms with Gasteiger partial charge in [-0.25, -0.2) is 0 Å². The lowest BCUT2D eigenvalue weighted by molar-refractivity contribution is -0.276. The molecule has 0 saturated carbocycles. The smallest absolute Gasteiger partial charge is 0.257 e. The molecule has 46 heavy (non-hydrogen) atoms. The number of rotatable bonds is 11. The van der Waals surface area contributed by atoms with Crippen LogP contribution in [0.5, 0.6) is 0 Å². The van der Waals surface area contributed by atoms with Gasteiger partial charge in [-0.05, 0) is 46.5 Å². The summed E-state index contributed by atoms with van der Waals surface area (Å²) in [6, 6.07) is 40.1. The van der Waals surface area contributed by atoms with E-state index in [0.29, 0.717) is 17.8 Å². The summed E-state index contributed by atoms with van der Waals surface area (Å²) in [6.07, 6.45) is 2.11. The minimum Gasteiger partial charge on any atom is -0.392 e. The standard InChI is InChI=1S/C39H39N3O4/c1-28-36(26-42(24-29-10-4-2-5-11-29)25-30-12-6-3-7-13-30)45-39(46-37(28)32-19-17-31(27-43)18-20-32)33-14-8-16-35(22-33)41-38(44)34-15-9-21-40-23-34/h2-23,28,36-37,39,43H,24-27H2,1H3,(H,41,44)/t28-,36+,37+,39+/m1/s1. The molecule has 5 aromatic rings. The predicted octanol–water partition coefficient (Wildman–Crippen LogP) is 7.32. The molecule has 1 fully saturated rings. The van der Waals surface area contributed by atoms with Gasteiger partial charge in [0.15, 0.2) is 6.29 Å². The molecule has 2 N–H and O–H groups in total. The van der Waals surface area contributed by atoms with E-state index in [-0.39, 0.29) is 30.6 Å². The summed E-state index contributed by atoms with van der Waals surface area (Å²) in [4.78, 5) is 19.4. The van der Waals surface area contributed by atoms with Crippen molar-refractivity contribution in [3.05, 3.63) is 167 Å². The van der Waals surface area contributed by atoms with Gasteiger partial charge in [-0.2, -0.15) is 0 Å². The van der Waals surface area contributed by atoms with E-state index in [0.717, 1.165) is 29.8 Å². The van der Waals surface area contributed by atoms with Crippen molar-refractivity contribution in [2.75, 3.05) is 11.9 Å². The summed E-state index contributed by atoms with van der Waals surface area (Å²) in [5, 5.41) is 12.6. The van der Waals surface area contributed by atoms with Gasteiger partial charge in [-0.15, -0.1) is 0 Å². The summed E-state index contributed by atoms with van der Waals surface area (Å²) < 4.78 is 13.5. The second-order valence-corrected chi connectivity index (χ2v) is 11.8. The van der Waals surface area contributed by atoms with Crippen LogP contribution in [-0.2, 0) is 29.2 Å². The predicted molar refractivity (Wildman–Crippen MR) is 179 cm³/mol. The van der Waals surface area contributed by atoms with Crippen LogP contribution in [0.25, 0.3) is 0 Å². The third-order valence-corrected chi connectivity index (χ3v) is 8.40. The number of nitrogens with zero attached hydrogens (tertiary/aromatic N) is 2. The van der Waals surface area contributed by atoms with Gasteiger partial charge in [0.2, 0.25) is 0 Å². The van der Waals surface area contributed by atoms with Crippen LogP contribution in [0.15, 0.2) is 134 Å². The van der Waals surface area contributed by atoms with Gasteiger partial charge in [-0.3, -0.25) is 14.7 Å². The Kier molecular flexibility index (Phi) is 10.3. The number of aliphatic hydroxyl groups excluding tert-OH is 1. The summed E-state index contributed by atoms with van der Waals surface area (Å²) in [7, 11) is 0. The van der Waals surface area contributed by atoms with Crippen molar-refractivity contribution in [1.82, 2.24) is 9.88 Å². The largest absolute Gasteiger partial charge is 0.392 e. The Morgan fingerprint density at radius 3 is 2.11 bits per heavy atom. The highest BCUT2D eigenvalue weighted by Crippen LogP contribution is 2.42. The van der Waals surface area contributed by atoms with Gasteiger partial charge >= 0.3 is 0 Å². The molecule has 0 radical (unpaired) electrons. The zero-order valence-electron chi connectivity index (χ0n) is 25.9. The summed E-state index contributed by atoms with van der Waals surface area (Å²) in [5.41, 5.74) is 6.30. The number of pyridine rings is 1. The molecular formula is C39H39N3O4. The van der Waals surface area contributed by atoms with Crippen LogP contribution >= 0.6 is 0 Å². The fourth-order valence-corrected chi connectivity index (χ4v) is 5.91. The SMILES string of the molecule is C[C@@H]1[C@H](CN(Cc2ccccc2)Cc2ccccc2)O[C@H](c2cccc(NC(=O)c3cccnc3)c2)O[C@@H]1c1ccc(CO)cc1. The molecule has 4 atom stereocenters. The van der Waals surface area contributed by atoms with E-state index in [1.807, 2.05) is 60.7 Å². The van der Waals surface area contributed by atoms with E-state index in [9.17, 15) is 9.90 Å². The number of aromatic nitrogens is 1. The lowest BCUT2D eigenvalue weighted by Gasteiger charge is -2.43. The van der Waals surface area contributed by atoms with Gasteiger partial charge in [0.05, 0.1) is 24.4 Å². The fourth-order valence-electron chi connectivity index (χ4n) is 5.91. The first-order valence-electron chi connectivity index (χ1n) is 15.7. The first-order valence-corrected chi connectivity index (χ1v) is 15.7. The number of nitrogens with one attached hydrogen (secondary N) is 1. The first kappa shape index (κ1) is 31.3. The average Bonchev–Trinajstić information content (AvgIpc) is 3.10. The molecule has 234 valence electrons. The highest BCUT2D eigenvalue weighted by Gasteiger charge is 2.39. The van der Waals surface area contributed by atoms with Crippen LogP contribution < -0.4 is 5.32 Å². The van der Waals surface area contributed by atoms with Gasteiger partial charge in [0.1, 0.15) is 0 Å². The van der Waals surface area contributed by atoms with E-state index in [1.165, 1.54) is 11.1 Å². The maximum atomic E-state index is 12.9. The number of carbonyl (C=O) groups excluding carboxylic acids is 1. The number of aliphatic hydroxyl groups is 1. The van der Waals surface area contributed by atoms with E-state index in [2.05, 4.69) is 70.7 Å². The number of ether oxygens (including phenoxy) is 2. The van der Waals surface area contributed by atoms with E-state index in [1.54, 1.807) is 24.5 Å². The maximum Gasteiger partial charge on any atom is 0.257 e. The van der Waals surface area contributed by atoms with Gasteiger partial charge in [0, 0.05) is 49.2 Å². The Balaban J connectivity index is 1.28. The van der Waals surface area contributed by atoms with Crippen LogP contribution in [0.1, 0.15) is 57.5 Å². The summed E-state index contributed by atoms with van der Waals surface area (Å²) in [6.45, 7) is 4.41. The molecular weight excluding hydrogens is 574 g/mol. The number of amides is 1. The summed E-state index contributed by atoms with van der Waals surface area (Å²) >= 11 is 0. The molecule has 1 aliphatic heterocycles. The number of benzene rings is 4. The number of hydrogen-bond acceptors (Lipinski definition) is 6. The zero-order valence-corrected chi connectivity index (χ0v) is 25.9. The first-order chi connectivity index (χ1) is 22.6. The number of anilines is 1. The van der Waals surface area contributed by atoms with E-state index in [4.69, 9.17) is 9.47 Å². The minimum atomic E-state index is -0.658. The lowest BCUT2D eigenvalue weighted by Crippen LogP contribution is -2.44. The third-order valence-electron chi connectivity index (χ3n) is 8.40. The molecule has 1 saturated heterocycles. The van der Waals surface area contributed by atoms with Crippen LogP contribution in [0, 0.1) is 5.92 Å². The van der Waals surface area contributed by atoms with Crippen molar-refractivity contribution in [3.63, 3.8) is 0 Å². The van der Waals surface area contributed by atoms with Crippen LogP contribution in [0.3, 0.4) is 0 Å². The molecule has 7 heteroatoms. The monoisotopic (exact) mass is 613 g/mol. The molecule has 0 unspecified atom stereocenters. The Labute approximate surface area is 270 Å². The Morgan fingerprint density at radius 1 is 0.783 bits per heavy atom. The van der Waals surface area contributed by atoms with E-state index < -0.39 is 6.29 Å². The van der Waals surface area contributed by atoms with Crippen LogP contribution in [0.2, 0.25) is 0 Å². The van der Waals surface area contributed by atoms with Crippen molar-refractivity contribution in [3.8, 4) is 0 Å². The number of hydrogen-bond donors (Lipinski definition) is 2. The zero-order chi connectivity index (χ0) is 31.7. The molecule has 0 aliphatic carbocycles.